The number of ether oxygens (including phenoxy) is 1. The molecule has 2 heterocycles. The summed E-state index contributed by atoms with van der Waals surface area (Å²) in [7, 11) is 0. The maximum Gasteiger partial charge on any atom is 0.303 e. The Hall–Kier alpha value is -2.28. The van der Waals surface area contributed by atoms with Crippen LogP contribution in [0.15, 0.2) is 6.07 Å². The Kier molecular flexibility index (Phi) is 5.66. The second-order valence-corrected chi connectivity index (χ2v) is 12.3. The number of aliphatic carboxylic acids is 1. The van der Waals surface area contributed by atoms with E-state index in [0.29, 0.717) is 49.6 Å². The third-order valence-corrected chi connectivity index (χ3v) is 10.2. The van der Waals surface area contributed by atoms with Gasteiger partial charge in [-0.15, -0.1) is 0 Å². The Morgan fingerprint density at radius 3 is 2.63 bits per heavy atom. The second-order valence-electron chi connectivity index (χ2n) is 12.3. The monoisotopic (exact) mass is 485 g/mol. The Balaban J connectivity index is 1.47. The highest BCUT2D eigenvalue weighted by Crippen LogP contribution is 2.67. The van der Waals surface area contributed by atoms with E-state index >= 15 is 0 Å². The number of aliphatic hydroxyl groups is 1. The first kappa shape index (κ1) is 24.4. The van der Waals surface area contributed by atoms with Crippen LogP contribution in [0, 0.1) is 22.7 Å². The zero-order valence-electron chi connectivity index (χ0n) is 21.4. The van der Waals surface area contributed by atoms with Crippen LogP contribution in [-0.2, 0) is 17.8 Å². The minimum Gasteiger partial charge on any atom is -0.508 e. The summed E-state index contributed by atoms with van der Waals surface area (Å²) in [5.41, 5.74) is 1.30. The predicted molar refractivity (Wildman–Crippen MR) is 130 cm³/mol. The third-order valence-electron chi connectivity index (χ3n) is 10.2. The molecule has 2 aliphatic carbocycles. The normalized spacial score (nSPS) is 34.9. The molecule has 1 aromatic carbocycles. The number of rotatable bonds is 5. The first-order valence-corrected chi connectivity index (χ1v) is 13.2. The number of benzene rings is 1. The summed E-state index contributed by atoms with van der Waals surface area (Å²) < 4.78 is 7.03. The van der Waals surface area contributed by atoms with E-state index in [4.69, 9.17) is 9.84 Å². The molecule has 0 bridgehead atoms. The molecule has 3 N–H and O–H groups in total. The molecule has 1 amide bonds. The number of hydrogen-bond acceptors (Lipinski definition) is 5. The molecular weight excluding hydrogens is 446 g/mol. The summed E-state index contributed by atoms with van der Waals surface area (Å²) in [6.07, 6.45) is 5.20. The maximum atomic E-state index is 13.1. The molecule has 2 aliphatic heterocycles. The van der Waals surface area contributed by atoms with Crippen LogP contribution in [0.25, 0.3) is 0 Å². The van der Waals surface area contributed by atoms with Gasteiger partial charge in [-0.3, -0.25) is 9.59 Å². The molecule has 1 aromatic rings. The summed E-state index contributed by atoms with van der Waals surface area (Å²) in [5, 5.41) is 30.8. The standard InChI is InChI=1S/C28H39NO6/c1-16-8-9-21-26(2,3)22(31)10-11-27(21,4)28(16)14-18-20(30)13-17-19(24(18)35-28)15-29(25(17)34)12-6-5-7-23(32)33/h13,16,21-22,30-31H,5-12,14-15H2,1-4H3,(H,32,33)/t16-,21-,22-,27-,28-/m1/s1. The molecule has 192 valence electrons. The second kappa shape index (κ2) is 8.12. The number of phenols is 1. The lowest BCUT2D eigenvalue weighted by molar-refractivity contribution is -0.210. The van der Waals surface area contributed by atoms with Crippen molar-refractivity contribution in [1.82, 2.24) is 4.90 Å². The molecule has 0 unspecified atom stereocenters. The lowest BCUT2D eigenvalue weighted by Gasteiger charge is -2.64. The maximum absolute atomic E-state index is 13.1. The summed E-state index contributed by atoms with van der Waals surface area (Å²) >= 11 is 0. The highest BCUT2D eigenvalue weighted by Gasteiger charge is 2.67. The number of amides is 1. The van der Waals surface area contributed by atoms with Crippen LogP contribution >= 0.6 is 0 Å². The van der Waals surface area contributed by atoms with Crippen molar-refractivity contribution in [3.63, 3.8) is 0 Å². The van der Waals surface area contributed by atoms with Gasteiger partial charge < -0.3 is 25.0 Å². The molecular formula is C28H39NO6. The van der Waals surface area contributed by atoms with E-state index in [1.165, 1.54) is 0 Å². The molecule has 2 saturated carbocycles. The smallest absolute Gasteiger partial charge is 0.303 e. The average Bonchev–Trinajstić information content (AvgIpc) is 3.34. The van der Waals surface area contributed by atoms with Gasteiger partial charge in [-0.05, 0) is 61.8 Å². The average molecular weight is 486 g/mol. The van der Waals surface area contributed by atoms with E-state index in [1.807, 2.05) is 0 Å². The van der Waals surface area contributed by atoms with Gasteiger partial charge in [0.1, 0.15) is 17.1 Å². The molecule has 35 heavy (non-hydrogen) atoms. The fourth-order valence-electron chi connectivity index (χ4n) is 8.09. The van der Waals surface area contributed by atoms with Crippen molar-refractivity contribution < 1.29 is 29.6 Å². The third kappa shape index (κ3) is 3.40. The van der Waals surface area contributed by atoms with Gasteiger partial charge in [0.2, 0.25) is 0 Å². The van der Waals surface area contributed by atoms with Gasteiger partial charge in [-0.2, -0.15) is 0 Å². The number of carbonyl (C=O) groups excluding carboxylic acids is 1. The van der Waals surface area contributed by atoms with Crippen molar-refractivity contribution in [2.45, 2.75) is 97.3 Å². The number of carboxylic acids is 1. The van der Waals surface area contributed by atoms with Crippen molar-refractivity contribution in [3.8, 4) is 11.5 Å². The topological polar surface area (TPSA) is 107 Å². The van der Waals surface area contributed by atoms with E-state index in [1.54, 1.807) is 11.0 Å². The quantitative estimate of drug-likeness (QED) is 0.530. The van der Waals surface area contributed by atoms with E-state index in [2.05, 4.69) is 27.7 Å². The molecule has 1 spiro atoms. The summed E-state index contributed by atoms with van der Waals surface area (Å²) in [4.78, 5) is 25.7. The van der Waals surface area contributed by atoms with Crippen LogP contribution < -0.4 is 4.74 Å². The highest BCUT2D eigenvalue weighted by molar-refractivity contribution is 6.00. The molecule has 4 aliphatic rings. The number of hydrogen-bond donors (Lipinski definition) is 3. The number of fused-ring (bicyclic) bond motifs is 5. The van der Waals surface area contributed by atoms with Crippen LogP contribution in [0.3, 0.4) is 0 Å². The number of phenolic OH excluding ortho intramolecular Hbond substituents is 1. The molecule has 5 rings (SSSR count). The molecule has 7 nitrogen and oxygen atoms in total. The minimum atomic E-state index is -0.825. The lowest BCUT2D eigenvalue weighted by Crippen LogP contribution is -2.66. The zero-order chi connectivity index (χ0) is 25.3. The van der Waals surface area contributed by atoms with Crippen LogP contribution in [-0.4, -0.2) is 50.3 Å². The van der Waals surface area contributed by atoms with E-state index in [-0.39, 0.29) is 40.9 Å². The van der Waals surface area contributed by atoms with E-state index in [9.17, 15) is 19.8 Å². The Morgan fingerprint density at radius 1 is 1.17 bits per heavy atom. The van der Waals surface area contributed by atoms with Crippen molar-refractivity contribution in [1.29, 1.82) is 0 Å². The van der Waals surface area contributed by atoms with Crippen molar-refractivity contribution >= 4 is 11.9 Å². The number of unbranched alkanes of at least 4 members (excludes halogenated alkanes) is 1. The fourth-order valence-corrected chi connectivity index (χ4v) is 8.09. The number of aliphatic hydroxyl groups excluding tert-OH is 1. The molecule has 7 heteroatoms. The zero-order valence-corrected chi connectivity index (χ0v) is 21.4. The molecule has 0 radical (unpaired) electrons. The van der Waals surface area contributed by atoms with E-state index in [0.717, 1.165) is 36.8 Å². The number of nitrogens with zero attached hydrogens (tertiary/aromatic N) is 1. The van der Waals surface area contributed by atoms with Gasteiger partial charge in [0.15, 0.2) is 0 Å². The van der Waals surface area contributed by atoms with Crippen LogP contribution in [0.5, 0.6) is 11.5 Å². The number of carboxylic acid groups (broad SMARTS) is 1. The van der Waals surface area contributed by atoms with E-state index < -0.39 is 11.6 Å². The van der Waals surface area contributed by atoms with Gasteiger partial charge in [0.25, 0.3) is 5.91 Å². The predicted octanol–water partition coefficient (Wildman–Crippen LogP) is 4.51. The Labute approximate surface area is 207 Å². The largest absolute Gasteiger partial charge is 0.508 e. The number of aromatic hydroxyl groups is 1. The molecule has 0 aromatic heterocycles. The number of carbonyl (C=O) groups is 2. The molecule has 5 atom stereocenters. The van der Waals surface area contributed by atoms with Crippen molar-refractivity contribution in [3.05, 3.63) is 22.8 Å². The van der Waals surface area contributed by atoms with Gasteiger partial charge in [0, 0.05) is 35.9 Å². The first-order valence-electron chi connectivity index (χ1n) is 13.2. The van der Waals surface area contributed by atoms with Gasteiger partial charge in [-0.25, -0.2) is 0 Å². The fraction of sp³-hybridized carbons (Fsp3) is 0.714. The minimum absolute atomic E-state index is 0.0967. The van der Waals surface area contributed by atoms with Crippen LogP contribution in [0.2, 0.25) is 0 Å². The van der Waals surface area contributed by atoms with Crippen LogP contribution in [0.1, 0.15) is 94.1 Å². The molecule has 2 fully saturated rings. The van der Waals surface area contributed by atoms with Crippen molar-refractivity contribution in [2.24, 2.45) is 22.7 Å². The molecule has 0 saturated heterocycles. The van der Waals surface area contributed by atoms with Gasteiger partial charge in [-0.1, -0.05) is 27.7 Å². The summed E-state index contributed by atoms with van der Waals surface area (Å²) in [6, 6.07) is 1.61. The Morgan fingerprint density at radius 2 is 1.91 bits per heavy atom. The lowest BCUT2D eigenvalue weighted by atomic mass is 9.43. The van der Waals surface area contributed by atoms with Crippen molar-refractivity contribution in [2.75, 3.05) is 6.54 Å². The SMILES string of the molecule is C[C@@H]1CC[C@@H]2C(C)(C)[C@H](O)CC[C@@]2(C)[C@@]12Cc1c(O)cc3c(c1O2)CN(CCCCC(=O)O)C3=O. The summed E-state index contributed by atoms with van der Waals surface area (Å²) in [5.74, 6) is 0.437. The van der Waals surface area contributed by atoms with Crippen LogP contribution in [0.4, 0.5) is 0 Å². The first-order chi connectivity index (χ1) is 16.4. The summed E-state index contributed by atoms with van der Waals surface area (Å²) in [6.45, 7) is 9.86. The van der Waals surface area contributed by atoms with Gasteiger partial charge in [0.05, 0.1) is 18.2 Å². The van der Waals surface area contributed by atoms with Gasteiger partial charge >= 0.3 is 5.97 Å². The Bertz CT molecular complexity index is 1070. The highest BCUT2D eigenvalue weighted by atomic mass is 16.5.